The zero-order valence-corrected chi connectivity index (χ0v) is 21.0. The number of rotatable bonds is 8. The first kappa shape index (κ1) is 25.1. The molecule has 0 aliphatic heterocycles. The van der Waals surface area contributed by atoms with Crippen LogP contribution in [0.15, 0.2) is 43.1 Å². The van der Waals surface area contributed by atoms with E-state index in [9.17, 15) is 19.2 Å². The van der Waals surface area contributed by atoms with Crippen molar-refractivity contribution in [3.8, 4) is 0 Å². The number of carbonyl (C=O) groups excluding carboxylic acids is 1. The van der Waals surface area contributed by atoms with Gasteiger partial charge in [0.05, 0.1) is 16.5 Å². The van der Waals surface area contributed by atoms with Crippen LogP contribution in [0.25, 0.3) is 22.1 Å². The van der Waals surface area contributed by atoms with Crippen molar-refractivity contribution in [1.29, 1.82) is 0 Å². The first-order valence-corrected chi connectivity index (χ1v) is 11.9. The van der Waals surface area contributed by atoms with Crippen LogP contribution in [0.2, 0.25) is 0 Å². The van der Waals surface area contributed by atoms with Gasteiger partial charge in [0.25, 0.3) is 11.5 Å². The molecule has 0 spiro atoms. The number of nitrogens with zero attached hydrogens (tertiary/aromatic N) is 4. The van der Waals surface area contributed by atoms with Crippen molar-refractivity contribution in [3.63, 3.8) is 0 Å². The maximum absolute atomic E-state index is 13.5. The summed E-state index contributed by atoms with van der Waals surface area (Å²) in [7, 11) is 3.82. The lowest BCUT2D eigenvalue weighted by Gasteiger charge is -2.14. The Labute approximate surface area is 206 Å². The zero-order chi connectivity index (χ0) is 26.1. The molecule has 2 N–H and O–H groups in total. The van der Waals surface area contributed by atoms with Gasteiger partial charge in [-0.2, -0.15) is 0 Å². The van der Waals surface area contributed by atoms with Crippen molar-refractivity contribution >= 4 is 33.7 Å². The third-order valence-corrected chi connectivity index (χ3v) is 5.95. The number of benzene rings is 1. The van der Waals surface area contributed by atoms with E-state index in [-0.39, 0.29) is 22.5 Å². The molecule has 11 heteroatoms. The van der Waals surface area contributed by atoms with E-state index < -0.39 is 22.9 Å². The van der Waals surface area contributed by atoms with Crippen LogP contribution in [-0.4, -0.2) is 50.5 Å². The third-order valence-electron chi connectivity index (χ3n) is 5.95. The number of oxazole rings is 1. The highest BCUT2D eigenvalue weighted by Crippen LogP contribution is 2.23. The number of anilines is 1. The van der Waals surface area contributed by atoms with Crippen molar-refractivity contribution in [2.45, 2.75) is 46.2 Å². The normalized spacial score (nSPS) is 11.8. The molecule has 36 heavy (non-hydrogen) atoms. The van der Waals surface area contributed by atoms with Gasteiger partial charge in [0, 0.05) is 31.0 Å². The van der Waals surface area contributed by atoms with Gasteiger partial charge in [-0.3, -0.25) is 23.7 Å². The SMILES string of the molecule is CCCn1c(=O)[nH]c(=O)c2c(C(=O)Nc3ccc4oc(=O)n(CCN(C)C)c4c3)cc(C(C)C)nc21. The Bertz CT molecular complexity index is 1620. The molecule has 0 bridgehead atoms. The lowest BCUT2D eigenvalue weighted by atomic mass is 10.0. The van der Waals surface area contributed by atoms with E-state index in [1.807, 2.05) is 39.8 Å². The van der Waals surface area contributed by atoms with Crippen molar-refractivity contribution in [2.75, 3.05) is 26.0 Å². The number of fused-ring (bicyclic) bond motifs is 2. The first-order valence-electron chi connectivity index (χ1n) is 11.9. The average molecular weight is 495 g/mol. The minimum absolute atomic E-state index is 0.0428. The molecule has 0 unspecified atom stereocenters. The molecule has 3 heterocycles. The van der Waals surface area contributed by atoms with E-state index in [4.69, 9.17) is 4.42 Å². The first-order chi connectivity index (χ1) is 17.1. The molecule has 1 amide bonds. The van der Waals surface area contributed by atoms with E-state index in [0.29, 0.717) is 48.5 Å². The predicted molar refractivity (Wildman–Crippen MR) is 138 cm³/mol. The molecule has 0 saturated carbocycles. The molecule has 11 nitrogen and oxygen atoms in total. The Morgan fingerprint density at radius 3 is 2.56 bits per heavy atom. The number of carbonyl (C=O) groups is 1. The lowest BCUT2D eigenvalue weighted by Crippen LogP contribution is -2.32. The summed E-state index contributed by atoms with van der Waals surface area (Å²) in [4.78, 5) is 59.9. The number of amides is 1. The summed E-state index contributed by atoms with van der Waals surface area (Å²) in [6, 6.07) is 6.50. The second-order valence-corrected chi connectivity index (χ2v) is 9.32. The molecule has 4 rings (SSSR count). The van der Waals surface area contributed by atoms with Crippen LogP contribution in [0.4, 0.5) is 5.69 Å². The number of aryl methyl sites for hydroxylation is 1. The summed E-state index contributed by atoms with van der Waals surface area (Å²) in [6.07, 6.45) is 0.649. The van der Waals surface area contributed by atoms with Crippen molar-refractivity contribution < 1.29 is 9.21 Å². The standard InChI is InChI=1S/C25H30N6O5/c1-6-9-31-21-20(23(33)28-24(31)34)16(13-17(27-21)14(2)3)22(32)26-15-7-8-19-18(12-15)30(25(35)36-19)11-10-29(4)5/h7-8,12-14H,6,9-11H2,1-5H3,(H,26,32)(H,28,33,34). The van der Waals surface area contributed by atoms with Gasteiger partial charge in [0.2, 0.25) is 0 Å². The Kier molecular flexibility index (Phi) is 6.93. The van der Waals surface area contributed by atoms with E-state index in [0.717, 1.165) is 0 Å². The largest absolute Gasteiger partial charge is 0.419 e. The maximum Gasteiger partial charge on any atom is 0.419 e. The minimum Gasteiger partial charge on any atom is -0.408 e. The van der Waals surface area contributed by atoms with Gasteiger partial charge in [0.15, 0.2) is 11.2 Å². The number of nitrogens with one attached hydrogen (secondary N) is 2. The fourth-order valence-electron chi connectivity index (χ4n) is 4.05. The molecule has 4 aromatic rings. The van der Waals surface area contributed by atoms with E-state index in [2.05, 4.69) is 15.3 Å². The molecular weight excluding hydrogens is 464 g/mol. The number of H-pyrrole nitrogens is 1. The van der Waals surface area contributed by atoms with E-state index >= 15 is 0 Å². The molecule has 0 aliphatic rings. The zero-order valence-electron chi connectivity index (χ0n) is 21.0. The topological polar surface area (TPSA) is 135 Å². The van der Waals surface area contributed by atoms with Crippen molar-refractivity contribution in [3.05, 3.63) is 66.9 Å². The predicted octanol–water partition coefficient (Wildman–Crippen LogP) is 2.34. The fraction of sp³-hybridized carbons (Fsp3) is 0.400. The number of hydrogen-bond donors (Lipinski definition) is 2. The monoisotopic (exact) mass is 494 g/mol. The summed E-state index contributed by atoms with van der Waals surface area (Å²) in [5.74, 6) is -1.04. The van der Waals surface area contributed by atoms with Gasteiger partial charge in [-0.05, 0) is 50.7 Å². The second-order valence-electron chi connectivity index (χ2n) is 9.32. The van der Waals surface area contributed by atoms with Crippen molar-refractivity contribution in [1.82, 2.24) is 24.0 Å². The van der Waals surface area contributed by atoms with Gasteiger partial charge in [-0.1, -0.05) is 20.8 Å². The molecule has 1 aromatic carbocycles. The molecule has 0 radical (unpaired) electrons. The number of likely N-dealkylation sites (N-methyl/N-ethyl adjacent to an activating group) is 1. The number of pyridine rings is 1. The highest BCUT2D eigenvalue weighted by Gasteiger charge is 2.21. The molecule has 3 aromatic heterocycles. The van der Waals surface area contributed by atoms with Crippen LogP contribution in [-0.2, 0) is 13.1 Å². The summed E-state index contributed by atoms with van der Waals surface area (Å²) < 4.78 is 8.23. The number of aromatic nitrogens is 4. The van der Waals surface area contributed by atoms with Crippen LogP contribution in [0, 0.1) is 0 Å². The van der Waals surface area contributed by atoms with E-state index in [1.165, 1.54) is 9.13 Å². The van der Waals surface area contributed by atoms with Crippen molar-refractivity contribution in [2.24, 2.45) is 0 Å². The Hall–Kier alpha value is -3.99. The van der Waals surface area contributed by atoms with Crippen LogP contribution in [0.1, 0.15) is 49.2 Å². The molecule has 0 fully saturated rings. The van der Waals surface area contributed by atoms with Crippen LogP contribution in [0.3, 0.4) is 0 Å². The maximum atomic E-state index is 13.5. The molecule has 0 atom stereocenters. The molecular formula is C25H30N6O5. The summed E-state index contributed by atoms with van der Waals surface area (Å²) in [5, 5.41) is 2.88. The molecule has 0 saturated heterocycles. The second kappa shape index (κ2) is 9.94. The Balaban J connectivity index is 1.81. The number of aromatic amines is 1. The third kappa shape index (κ3) is 4.74. The quantitative estimate of drug-likeness (QED) is 0.384. The van der Waals surface area contributed by atoms with Crippen LogP contribution < -0.4 is 22.3 Å². The highest BCUT2D eigenvalue weighted by molar-refractivity contribution is 6.12. The van der Waals surface area contributed by atoms with Gasteiger partial charge >= 0.3 is 11.4 Å². The Morgan fingerprint density at radius 2 is 1.89 bits per heavy atom. The van der Waals surface area contributed by atoms with Gasteiger partial charge in [-0.25, -0.2) is 14.6 Å². The Morgan fingerprint density at radius 1 is 1.14 bits per heavy atom. The average Bonchev–Trinajstić information content (AvgIpc) is 3.13. The minimum atomic E-state index is -0.668. The van der Waals surface area contributed by atoms with Crippen LogP contribution in [0.5, 0.6) is 0 Å². The van der Waals surface area contributed by atoms with Gasteiger partial charge < -0.3 is 14.6 Å². The van der Waals surface area contributed by atoms with Gasteiger partial charge in [-0.15, -0.1) is 0 Å². The molecule has 190 valence electrons. The summed E-state index contributed by atoms with van der Waals surface area (Å²) in [5.41, 5.74) is 1.06. The lowest BCUT2D eigenvalue weighted by molar-refractivity contribution is 0.102. The summed E-state index contributed by atoms with van der Waals surface area (Å²) >= 11 is 0. The molecule has 0 aliphatic carbocycles. The van der Waals surface area contributed by atoms with E-state index in [1.54, 1.807) is 24.3 Å². The van der Waals surface area contributed by atoms with Crippen LogP contribution >= 0.6 is 0 Å². The smallest absolute Gasteiger partial charge is 0.408 e. The number of hydrogen-bond acceptors (Lipinski definition) is 7. The fourth-order valence-corrected chi connectivity index (χ4v) is 4.05. The highest BCUT2D eigenvalue weighted by atomic mass is 16.4. The summed E-state index contributed by atoms with van der Waals surface area (Å²) in [6.45, 7) is 7.16. The van der Waals surface area contributed by atoms with Gasteiger partial charge in [0.1, 0.15) is 0 Å².